The maximum Gasteiger partial charge on any atom is 0.162 e. The lowest BCUT2D eigenvalue weighted by molar-refractivity contribution is 0.698. The minimum atomic E-state index is -0.0779. The highest BCUT2D eigenvalue weighted by Crippen LogP contribution is 2.32. The van der Waals surface area contributed by atoms with Crippen LogP contribution in [0.15, 0.2) is 91.6 Å². The molecule has 0 aliphatic rings. The molecule has 176 valence electrons. The third-order valence-corrected chi connectivity index (χ3v) is 6.12. The van der Waals surface area contributed by atoms with Crippen LogP contribution in [0.25, 0.3) is 44.6 Å². The highest BCUT2D eigenvalue weighted by atomic mass is 15.0. The summed E-state index contributed by atoms with van der Waals surface area (Å²) in [5.41, 5.74) is 12.9. The summed E-state index contributed by atoms with van der Waals surface area (Å²) in [6.07, 6.45) is 7.73. The lowest BCUT2D eigenvalue weighted by Crippen LogP contribution is -2.31. The molecule has 0 amide bonds. The molecule has 4 heterocycles. The van der Waals surface area contributed by atoms with Crippen molar-refractivity contribution in [2.45, 2.75) is 12.5 Å². The number of aromatic amines is 1. The van der Waals surface area contributed by atoms with Gasteiger partial charge in [-0.2, -0.15) is 0 Å². The average Bonchev–Trinajstić information content (AvgIpc) is 3.40. The van der Waals surface area contributed by atoms with Crippen molar-refractivity contribution in [3.8, 4) is 22.6 Å². The van der Waals surface area contributed by atoms with Gasteiger partial charge in [0, 0.05) is 47.7 Å². The van der Waals surface area contributed by atoms with E-state index in [0.717, 1.165) is 51.0 Å². The average molecular weight is 473 g/mol. The van der Waals surface area contributed by atoms with Gasteiger partial charge in [-0.15, -0.1) is 0 Å². The van der Waals surface area contributed by atoms with Gasteiger partial charge in [0.05, 0.1) is 23.1 Å². The van der Waals surface area contributed by atoms with Crippen LogP contribution in [0, 0.1) is 0 Å². The summed E-state index contributed by atoms with van der Waals surface area (Å²) >= 11 is 0. The summed E-state index contributed by atoms with van der Waals surface area (Å²) in [6.45, 7) is 0.564. The van der Waals surface area contributed by atoms with Crippen LogP contribution in [0.2, 0.25) is 0 Å². The largest absolute Gasteiger partial charge is 0.368 e. The number of pyridine rings is 2. The SMILES string of the molecule is N[C@@H](CNc1nc(-c2ccncc2)nc2c(-c3ccc4nc[nH]c4c3)nccc12)Cc1ccccc1. The third-order valence-electron chi connectivity index (χ3n) is 6.12. The number of fused-ring (bicyclic) bond motifs is 2. The van der Waals surface area contributed by atoms with Gasteiger partial charge in [-0.25, -0.2) is 15.0 Å². The third kappa shape index (κ3) is 4.37. The molecule has 0 aliphatic heterocycles. The molecule has 8 heteroatoms. The highest BCUT2D eigenvalue weighted by Gasteiger charge is 2.16. The summed E-state index contributed by atoms with van der Waals surface area (Å²) in [4.78, 5) is 26.2. The van der Waals surface area contributed by atoms with Crippen LogP contribution < -0.4 is 11.1 Å². The molecule has 0 aliphatic carbocycles. The molecule has 0 fully saturated rings. The number of nitrogens with two attached hydrogens (primary N) is 1. The van der Waals surface area contributed by atoms with Gasteiger partial charge >= 0.3 is 0 Å². The van der Waals surface area contributed by atoms with E-state index in [0.29, 0.717) is 12.4 Å². The molecular formula is C28H24N8. The standard InChI is InChI=1S/C28H24N8/c29-21(14-18-4-2-1-3-5-18)16-32-28-22-10-13-31-25(20-6-7-23-24(15-20)34-17-33-23)26(22)35-27(36-28)19-8-11-30-12-9-19/h1-13,15,17,21H,14,16,29H2,(H,33,34)(H,32,35,36)/t21-/m1/s1. The number of rotatable bonds is 7. The molecule has 0 spiro atoms. The number of nitrogens with zero attached hydrogens (tertiary/aromatic N) is 5. The van der Waals surface area contributed by atoms with E-state index in [1.165, 1.54) is 5.56 Å². The number of hydrogen-bond donors (Lipinski definition) is 3. The Morgan fingerprint density at radius 2 is 1.72 bits per heavy atom. The molecule has 0 bridgehead atoms. The van der Waals surface area contributed by atoms with Gasteiger partial charge in [0.15, 0.2) is 5.82 Å². The fourth-order valence-electron chi connectivity index (χ4n) is 4.33. The fourth-order valence-corrected chi connectivity index (χ4v) is 4.33. The van der Waals surface area contributed by atoms with Crippen LogP contribution in [-0.4, -0.2) is 42.5 Å². The number of anilines is 1. The fraction of sp³-hybridized carbons (Fsp3) is 0.107. The van der Waals surface area contributed by atoms with Crippen molar-refractivity contribution < 1.29 is 0 Å². The van der Waals surface area contributed by atoms with Gasteiger partial charge in [-0.1, -0.05) is 36.4 Å². The van der Waals surface area contributed by atoms with E-state index in [-0.39, 0.29) is 6.04 Å². The Kier molecular flexibility index (Phi) is 5.77. The molecule has 6 rings (SSSR count). The Labute approximate surface area is 207 Å². The lowest BCUT2D eigenvalue weighted by atomic mass is 10.1. The Morgan fingerprint density at radius 3 is 2.58 bits per heavy atom. The van der Waals surface area contributed by atoms with Crippen LogP contribution >= 0.6 is 0 Å². The molecule has 1 atom stereocenters. The predicted octanol–water partition coefficient (Wildman–Crippen LogP) is 4.61. The first-order valence-corrected chi connectivity index (χ1v) is 11.8. The Bertz CT molecular complexity index is 1630. The van der Waals surface area contributed by atoms with Crippen molar-refractivity contribution >= 4 is 27.8 Å². The van der Waals surface area contributed by atoms with Crippen molar-refractivity contribution in [2.24, 2.45) is 5.73 Å². The van der Waals surface area contributed by atoms with Crippen molar-refractivity contribution in [2.75, 3.05) is 11.9 Å². The summed E-state index contributed by atoms with van der Waals surface area (Å²) in [6, 6.07) is 22.0. The molecule has 0 saturated heterocycles. The van der Waals surface area contributed by atoms with Crippen LogP contribution in [0.1, 0.15) is 5.56 Å². The van der Waals surface area contributed by atoms with E-state index in [1.807, 2.05) is 54.6 Å². The zero-order chi connectivity index (χ0) is 24.3. The number of benzene rings is 2. The molecule has 0 saturated carbocycles. The molecule has 0 radical (unpaired) electrons. The second-order valence-electron chi connectivity index (χ2n) is 8.65. The smallest absolute Gasteiger partial charge is 0.162 e. The first-order valence-electron chi connectivity index (χ1n) is 11.8. The number of H-pyrrole nitrogens is 1. The summed E-state index contributed by atoms with van der Waals surface area (Å²) in [5.74, 6) is 1.32. The number of imidazole rings is 1. The summed E-state index contributed by atoms with van der Waals surface area (Å²) in [5, 5.41) is 4.37. The molecule has 4 aromatic heterocycles. The normalized spacial score (nSPS) is 12.1. The molecule has 6 aromatic rings. The second kappa shape index (κ2) is 9.52. The topological polar surface area (TPSA) is 118 Å². The first kappa shape index (κ1) is 21.8. The van der Waals surface area contributed by atoms with E-state index in [4.69, 9.17) is 20.7 Å². The van der Waals surface area contributed by atoms with E-state index in [2.05, 4.69) is 32.4 Å². The molecule has 8 nitrogen and oxygen atoms in total. The van der Waals surface area contributed by atoms with Gasteiger partial charge in [-0.3, -0.25) is 9.97 Å². The van der Waals surface area contributed by atoms with Gasteiger partial charge < -0.3 is 16.0 Å². The minimum absolute atomic E-state index is 0.0779. The first-order chi connectivity index (χ1) is 17.7. The second-order valence-corrected chi connectivity index (χ2v) is 8.65. The number of aromatic nitrogens is 6. The maximum atomic E-state index is 6.47. The zero-order valence-corrected chi connectivity index (χ0v) is 19.5. The van der Waals surface area contributed by atoms with Crippen LogP contribution in [0.5, 0.6) is 0 Å². The van der Waals surface area contributed by atoms with Crippen molar-refractivity contribution in [1.29, 1.82) is 0 Å². The summed E-state index contributed by atoms with van der Waals surface area (Å²) < 4.78 is 0. The minimum Gasteiger partial charge on any atom is -0.368 e. The molecule has 0 unspecified atom stereocenters. The van der Waals surface area contributed by atoms with E-state index in [1.54, 1.807) is 24.9 Å². The van der Waals surface area contributed by atoms with Crippen molar-refractivity contribution in [3.63, 3.8) is 0 Å². The maximum absolute atomic E-state index is 6.47. The van der Waals surface area contributed by atoms with Gasteiger partial charge in [0.1, 0.15) is 11.3 Å². The molecule has 36 heavy (non-hydrogen) atoms. The van der Waals surface area contributed by atoms with Crippen LogP contribution in [0.3, 0.4) is 0 Å². The Balaban J connectivity index is 1.42. The van der Waals surface area contributed by atoms with E-state index < -0.39 is 0 Å². The number of nitrogens with one attached hydrogen (secondary N) is 2. The summed E-state index contributed by atoms with van der Waals surface area (Å²) in [7, 11) is 0. The van der Waals surface area contributed by atoms with E-state index in [9.17, 15) is 0 Å². The van der Waals surface area contributed by atoms with E-state index >= 15 is 0 Å². The predicted molar refractivity (Wildman–Crippen MR) is 142 cm³/mol. The van der Waals surface area contributed by atoms with Gasteiger partial charge in [0.25, 0.3) is 0 Å². The monoisotopic (exact) mass is 472 g/mol. The lowest BCUT2D eigenvalue weighted by Gasteiger charge is -2.16. The van der Waals surface area contributed by atoms with Crippen molar-refractivity contribution in [3.05, 3.63) is 97.2 Å². The molecule has 2 aromatic carbocycles. The Morgan fingerprint density at radius 1 is 0.861 bits per heavy atom. The highest BCUT2D eigenvalue weighted by molar-refractivity contribution is 5.99. The van der Waals surface area contributed by atoms with Gasteiger partial charge in [0.2, 0.25) is 0 Å². The molecular weight excluding hydrogens is 448 g/mol. The Hall–Kier alpha value is -4.69. The molecule has 4 N–H and O–H groups in total. The zero-order valence-electron chi connectivity index (χ0n) is 19.5. The van der Waals surface area contributed by atoms with Gasteiger partial charge in [-0.05, 0) is 42.3 Å². The van der Waals surface area contributed by atoms with Crippen LogP contribution in [0.4, 0.5) is 5.82 Å². The van der Waals surface area contributed by atoms with Crippen LogP contribution in [-0.2, 0) is 6.42 Å². The number of hydrogen-bond acceptors (Lipinski definition) is 7. The quantitative estimate of drug-likeness (QED) is 0.310. The van der Waals surface area contributed by atoms with Crippen molar-refractivity contribution in [1.82, 2.24) is 29.9 Å².